The van der Waals surface area contributed by atoms with Crippen LogP contribution in [0.5, 0.6) is 5.75 Å². The van der Waals surface area contributed by atoms with Crippen molar-refractivity contribution < 1.29 is 24.0 Å². The van der Waals surface area contributed by atoms with Crippen LogP contribution in [-0.2, 0) is 9.59 Å². The average Bonchev–Trinajstić information content (AvgIpc) is 2.83. The second kappa shape index (κ2) is 10.8. The van der Waals surface area contributed by atoms with Gasteiger partial charge in [-0.2, -0.15) is 5.10 Å². The molecule has 172 valence electrons. The number of carbonyl (C=O) groups excluding carboxylic acids is 3. The Kier molecular flexibility index (Phi) is 7.67. The number of halogens is 1. The van der Waals surface area contributed by atoms with Crippen LogP contribution in [0.4, 0.5) is 11.4 Å². The van der Waals surface area contributed by atoms with Crippen LogP contribution in [0.1, 0.15) is 21.5 Å². The monoisotopic (exact) mass is 480 g/mol. The summed E-state index contributed by atoms with van der Waals surface area (Å²) >= 11 is 6.00. The molecule has 0 aliphatic carbocycles. The Labute approximate surface area is 198 Å². The van der Waals surface area contributed by atoms with Crippen molar-refractivity contribution in [3.05, 3.63) is 98.6 Å². The molecule has 0 heterocycles. The highest BCUT2D eigenvalue weighted by Gasteiger charge is 2.16. The number of hydrogen-bond acceptors (Lipinski definition) is 7. The van der Waals surface area contributed by atoms with Crippen LogP contribution >= 0.6 is 11.6 Å². The van der Waals surface area contributed by atoms with E-state index in [1.165, 1.54) is 36.5 Å². The number of hydrogen-bond donors (Lipinski definition) is 2. The molecule has 0 radical (unpaired) electrons. The number of nitrogens with one attached hydrogen (secondary N) is 2. The fraction of sp³-hybridized carbons (Fsp3) is 0.0435. The number of non-ortho nitro benzene ring substituents is 1. The van der Waals surface area contributed by atoms with Crippen molar-refractivity contribution >= 4 is 47.0 Å². The van der Waals surface area contributed by atoms with Crippen LogP contribution in [0.3, 0.4) is 0 Å². The molecular formula is C23H17ClN4O6. The van der Waals surface area contributed by atoms with Gasteiger partial charge in [0.2, 0.25) is 0 Å². The molecule has 0 unspecified atom stereocenters. The Morgan fingerprint density at radius 3 is 2.41 bits per heavy atom. The minimum Gasteiger partial charge on any atom is -0.422 e. The third-order valence-corrected chi connectivity index (χ3v) is 4.94. The van der Waals surface area contributed by atoms with Crippen LogP contribution in [0.25, 0.3) is 0 Å². The minimum absolute atomic E-state index is 0.110. The van der Waals surface area contributed by atoms with E-state index in [0.717, 1.165) is 0 Å². The maximum Gasteiger partial charge on any atom is 0.343 e. The van der Waals surface area contributed by atoms with E-state index in [1.807, 2.05) is 0 Å². The quantitative estimate of drug-likeness (QED) is 0.137. The standard InChI is InChI=1S/C23H17ClN4O6/c1-14-18(24)6-4-7-19(14)26-21(29)22(30)27-25-13-16-5-2-3-8-20(16)34-23(31)15-9-11-17(12-10-15)28(32)33/h2-13H,1H3,(H,26,29)(H,27,30)/b25-13+. The Hall–Kier alpha value is -4.57. The molecule has 3 rings (SSSR count). The van der Waals surface area contributed by atoms with E-state index in [0.29, 0.717) is 21.8 Å². The number of hydrazone groups is 1. The first-order valence-electron chi connectivity index (χ1n) is 9.71. The summed E-state index contributed by atoms with van der Waals surface area (Å²) < 4.78 is 5.34. The molecule has 0 aliphatic heterocycles. The van der Waals surface area contributed by atoms with E-state index in [2.05, 4.69) is 15.8 Å². The van der Waals surface area contributed by atoms with E-state index >= 15 is 0 Å². The fourth-order valence-electron chi connectivity index (χ4n) is 2.69. The smallest absolute Gasteiger partial charge is 0.343 e. The number of rotatable bonds is 6. The van der Waals surface area contributed by atoms with Gasteiger partial charge in [0.15, 0.2) is 0 Å². The molecule has 0 saturated heterocycles. The highest BCUT2D eigenvalue weighted by molar-refractivity contribution is 6.40. The number of anilines is 1. The fourth-order valence-corrected chi connectivity index (χ4v) is 2.87. The summed E-state index contributed by atoms with van der Waals surface area (Å²) in [4.78, 5) is 46.7. The molecule has 0 aliphatic rings. The van der Waals surface area contributed by atoms with Crippen molar-refractivity contribution in [2.24, 2.45) is 5.10 Å². The third-order valence-electron chi connectivity index (χ3n) is 4.53. The SMILES string of the molecule is Cc1c(Cl)cccc1NC(=O)C(=O)N/N=C/c1ccccc1OC(=O)c1ccc([N+](=O)[O-])cc1. The van der Waals surface area contributed by atoms with Crippen LogP contribution < -0.4 is 15.5 Å². The Morgan fingerprint density at radius 1 is 1.00 bits per heavy atom. The van der Waals surface area contributed by atoms with Gasteiger partial charge in [-0.3, -0.25) is 19.7 Å². The number of para-hydroxylation sites is 1. The van der Waals surface area contributed by atoms with E-state index in [1.54, 1.807) is 43.3 Å². The van der Waals surface area contributed by atoms with Crippen molar-refractivity contribution in [2.45, 2.75) is 6.92 Å². The number of amides is 2. The number of benzene rings is 3. The second-order valence-electron chi connectivity index (χ2n) is 6.80. The summed E-state index contributed by atoms with van der Waals surface area (Å²) in [6.07, 6.45) is 1.20. The average molecular weight is 481 g/mol. The predicted molar refractivity (Wildman–Crippen MR) is 125 cm³/mol. The maximum atomic E-state index is 12.4. The summed E-state index contributed by atoms with van der Waals surface area (Å²) in [5, 5.41) is 17.4. The number of nitrogens with zero attached hydrogens (tertiary/aromatic N) is 2. The van der Waals surface area contributed by atoms with E-state index in [9.17, 15) is 24.5 Å². The predicted octanol–water partition coefficient (Wildman–Crippen LogP) is 3.86. The molecule has 2 N–H and O–H groups in total. The first kappa shape index (κ1) is 24.1. The van der Waals surface area contributed by atoms with Gasteiger partial charge >= 0.3 is 17.8 Å². The minimum atomic E-state index is -1.02. The van der Waals surface area contributed by atoms with Gasteiger partial charge < -0.3 is 10.1 Å². The lowest BCUT2D eigenvalue weighted by Crippen LogP contribution is -2.32. The number of nitro groups is 1. The molecule has 2 amide bonds. The van der Waals surface area contributed by atoms with Crippen LogP contribution in [-0.4, -0.2) is 28.9 Å². The second-order valence-corrected chi connectivity index (χ2v) is 7.20. The van der Waals surface area contributed by atoms with Crippen molar-refractivity contribution in [1.29, 1.82) is 0 Å². The van der Waals surface area contributed by atoms with Gasteiger partial charge in [-0.25, -0.2) is 10.2 Å². The zero-order valence-corrected chi connectivity index (χ0v) is 18.4. The summed E-state index contributed by atoms with van der Waals surface area (Å²) in [7, 11) is 0. The molecule has 11 heteroatoms. The summed E-state index contributed by atoms with van der Waals surface area (Å²) in [5.74, 6) is -2.57. The Balaban J connectivity index is 1.63. The van der Waals surface area contributed by atoms with Gasteiger partial charge in [-0.15, -0.1) is 0 Å². The summed E-state index contributed by atoms with van der Waals surface area (Å²) in [6, 6.07) is 16.2. The lowest BCUT2D eigenvalue weighted by Gasteiger charge is -2.08. The molecule has 0 atom stereocenters. The number of carbonyl (C=O) groups is 3. The van der Waals surface area contributed by atoms with Gasteiger partial charge in [0.05, 0.1) is 16.7 Å². The van der Waals surface area contributed by atoms with Crippen molar-refractivity contribution in [1.82, 2.24) is 5.43 Å². The largest absolute Gasteiger partial charge is 0.422 e. The third kappa shape index (κ3) is 6.02. The Morgan fingerprint density at radius 2 is 1.71 bits per heavy atom. The number of ether oxygens (including phenoxy) is 1. The van der Waals surface area contributed by atoms with Gasteiger partial charge in [-0.05, 0) is 48.9 Å². The first-order chi connectivity index (χ1) is 16.3. The lowest BCUT2D eigenvalue weighted by atomic mass is 10.2. The van der Waals surface area contributed by atoms with Crippen LogP contribution in [0.2, 0.25) is 5.02 Å². The van der Waals surface area contributed by atoms with Crippen LogP contribution in [0.15, 0.2) is 71.8 Å². The van der Waals surface area contributed by atoms with Gasteiger partial charge in [-0.1, -0.05) is 29.8 Å². The normalized spacial score (nSPS) is 10.5. The zero-order valence-electron chi connectivity index (χ0n) is 17.7. The van der Waals surface area contributed by atoms with Gasteiger partial charge in [0.1, 0.15) is 5.75 Å². The van der Waals surface area contributed by atoms with Gasteiger partial charge in [0.25, 0.3) is 5.69 Å². The molecule has 0 aromatic heterocycles. The van der Waals surface area contributed by atoms with Crippen molar-refractivity contribution in [3.8, 4) is 5.75 Å². The molecule has 0 saturated carbocycles. The number of esters is 1. The summed E-state index contributed by atoms with van der Waals surface area (Å²) in [5.41, 5.74) is 3.38. The molecular weight excluding hydrogens is 464 g/mol. The highest BCUT2D eigenvalue weighted by Crippen LogP contribution is 2.23. The number of nitro benzene ring substituents is 1. The molecule has 0 bridgehead atoms. The molecule has 34 heavy (non-hydrogen) atoms. The van der Waals surface area contributed by atoms with E-state index in [-0.39, 0.29) is 17.0 Å². The van der Waals surface area contributed by atoms with Crippen molar-refractivity contribution in [3.63, 3.8) is 0 Å². The molecule has 0 spiro atoms. The highest BCUT2D eigenvalue weighted by atomic mass is 35.5. The topological polar surface area (TPSA) is 140 Å². The van der Waals surface area contributed by atoms with E-state index < -0.39 is 22.7 Å². The molecule has 0 fully saturated rings. The van der Waals surface area contributed by atoms with Crippen molar-refractivity contribution in [2.75, 3.05) is 5.32 Å². The van der Waals surface area contributed by atoms with Crippen LogP contribution in [0, 0.1) is 17.0 Å². The summed E-state index contributed by atoms with van der Waals surface area (Å²) in [6.45, 7) is 1.70. The first-order valence-corrected chi connectivity index (χ1v) is 10.1. The molecule has 3 aromatic rings. The van der Waals surface area contributed by atoms with E-state index in [4.69, 9.17) is 16.3 Å². The van der Waals surface area contributed by atoms with Gasteiger partial charge in [0, 0.05) is 28.4 Å². The lowest BCUT2D eigenvalue weighted by molar-refractivity contribution is -0.384. The Bertz CT molecular complexity index is 1290. The molecule has 3 aromatic carbocycles. The zero-order chi connectivity index (χ0) is 24.7. The maximum absolute atomic E-state index is 12.4. The molecule has 10 nitrogen and oxygen atoms in total.